The standard InChI is InChI=1S/C14H26O3/c15-13-11-9-7-5-3-1-2-4-6-8-10-12-14(16)17/h9,11,15H,1-8,10,12-13H2,(H,16,17). The van der Waals surface area contributed by atoms with Crippen LogP contribution >= 0.6 is 0 Å². The molecule has 0 spiro atoms. The van der Waals surface area contributed by atoms with Crippen LogP contribution in [0.4, 0.5) is 0 Å². The van der Waals surface area contributed by atoms with Gasteiger partial charge in [-0.05, 0) is 19.3 Å². The largest absolute Gasteiger partial charge is 0.481 e. The quantitative estimate of drug-likeness (QED) is 0.406. The first-order valence-corrected chi connectivity index (χ1v) is 6.75. The number of hydrogen-bond acceptors (Lipinski definition) is 2. The second kappa shape index (κ2) is 13.2. The third-order valence-corrected chi connectivity index (χ3v) is 2.78. The van der Waals surface area contributed by atoms with Crippen LogP contribution < -0.4 is 0 Å². The molecule has 3 heteroatoms. The highest BCUT2D eigenvalue weighted by atomic mass is 16.4. The molecule has 0 aliphatic rings. The summed E-state index contributed by atoms with van der Waals surface area (Å²) in [5.41, 5.74) is 0. The van der Waals surface area contributed by atoms with Gasteiger partial charge < -0.3 is 10.2 Å². The fraction of sp³-hybridized carbons (Fsp3) is 0.786. The monoisotopic (exact) mass is 242 g/mol. The fourth-order valence-corrected chi connectivity index (χ4v) is 1.79. The van der Waals surface area contributed by atoms with Crippen molar-refractivity contribution in [1.29, 1.82) is 0 Å². The molecule has 0 rings (SSSR count). The zero-order valence-electron chi connectivity index (χ0n) is 10.7. The van der Waals surface area contributed by atoms with Crippen molar-refractivity contribution in [2.24, 2.45) is 0 Å². The zero-order chi connectivity index (χ0) is 12.8. The number of carboxylic acids is 1. The van der Waals surface area contributed by atoms with Gasteiger partial charge in [0.05, 0.1) is 6.61 Å². The summed E-state index contributed by atoms with van der Waals surface area (Å²) in [6.45, 7) is 0.149. The minimum atomic E-state index is -0.680. The van der Waals surface area contributed by atoms with E-state index in [9.17, 15) is 4.79 Å². The number of hydrogen-bond donors (Lipinski definition) is 2. The number of rotatable bonds is 12. The number of allylic oxidation sites excluding steroid dienone is 1. The number of aliphatic carboxylic acids is 1. The number of carbonyl (C=O) groups is 1. The molecular weight excluding hydrogens is 216 g/mol. The van der Waals surface area contributed by atoms with Crippen LogP contribution in [0.5, 0.6) is 0 Å². The van der Waals surface area contributed by atoms with Gasteiger partial charge >= 0.3 is 5.97 Å². The van der Waals surface area contributed by atoms with Crippen molar-refractivity contribution in [2.45, 2.75) is 64.2 Å². The molecule has 0 heterocycles. The summed E-state index contributed by atoms with van der Waals surface area (Å²) in [7, 11) is 0. The van der Waals surface area contributed by atoms with Crippen LogP contribution in [0.2, 0.25) is 0 Å². The van der Waals surface area contributed by atoms with Gasteiger partial charge in [-0.3, -0.25) is 4.79 Å². The van der Waals surface area contributed by atoms with Gasteiger partial charge in [-0.25, -0.2) is 0 Å². The topological polar surface area (TPSA) is 57.5 Å². The third-order valence-electron chi connectivity index (χ3n) is 2.78. The van der Waals surface area contributed by atoms with Crippen LogP contribution in [0.1, 0.15) is 64.2 Å². The molecule has 100 valence electrons. The SMILES string of the molecule is O=C(O)CCCCCCCCCCC=CCO. The van der Waals surface area contributed by atoms with Crippen molar-refractivity contribution in [3.8, 4) is 0 Å². The van der Waals surface area contributed by atoms with Crippen LogP contribution in [0.25, 0.3) is 0 Å². The summed E-state index contributed by atoms with van der Waals surface area (Å²) in [5, 5.41) is 17.0. The van der Waals surface area contributed by atoms with Crippen molar-refractivity contribution in [3.05, 3.63) is 12.2 Å². The van der Waals surface area contributed by atoms with Gasteiger partial charge in [0.1, 0.15) is 0 Å². The number of aliphatic hydroxyl groups is 1. The van der Waals surface area contributed by atoms with Gasteiger partial charge in [0.2, 0.25) is 0 Å². The average molecular weight is 242 g/mol. The molecule has 0 aromatic heterocycles. The van der Waals surface area contributed by atoms with Gasteiger partial charge in [0.15, 0.2) is 0 Å². The molecular formula is C14H26O3. The van der Waals surface area contributed by atoms with E-state index >= 15 is 0 Å². The fourth-order valence-electron chi connectivity index (χ4n) is 1.79. The lowest BCUT2D eigenvalue weighted by molar-refractivity contribution is -0.137. The van der Waals surface area contributed by atoms with E-state index < -0.39 is 5.97 Å². The molecule has 17 heavy (non-hydrogen) atoms. The molecule has 0 saturated heterocycles. The van der Waals surface area contributed by atoms with Crippen molar-refractivity contribution < 1.29 is 15.0 Å². The smallest absolute Gasteiger partial charge is 0.303 e. The molecule has 0 atom stereocenters. The molecule has 0 bridgehead atoms. The second-order valence-corrected chi connectivity index (χ2v) is 4.41. The van der Waals surface area contributed by atoms with E-state index in [1.807, 2.05) is 6.08 Å². The summed E-state index contributed by atoms with van der Waals surface area (Å²) in [6.07, 6.45) is 14.5. The molecule has 0 fully saturated rings. The Morgan fingerprint density at radius 2 is 1.35 bits per heavy atom. The predicted molar refractivity (Wildman–Crippen MR) is 70.0 cm³/mol. The molecule has 0 aromatic rings. The molecule has 0 saturated carbocycles. The Bertz CT molecular complexity index is 200. The lowest BCUT2D eigenvalue weighted by Crippen LogP contribution is -1.93. The third kappa shape index (κ3) is 15.2. The molecule has 0 amide bonds. The van der Waals surface area contributed by atoms with E-state index in [0.717, 1.165) is 25.7 Å². The minimum absolute atomic E-state index is 0.149. The maximum absolute atomic E-state index is 10.3. The molecule has 0 aromatic carbocycles. The van der Waals surface area contributed by atoms with Crippen molar-refractivity contribution in [3.63, 3.8) is 0 Å². The molecule has 0 aliphatic carbocycles. The zero-order valence-corrected chi connectivity index (χ0v) is 10.7. The van der Waals surface area contributed by atoms with Gasteiger partial charge in [-0.2, -0.15) is 0 Å². The van der Waals surface area contributed by atoms with Gasteiger partial charge in [0, 0.05) is 6.42 Å². The Balaban J connectivity index is 2.98. The van der Waals surface area contributed by atoms with E-state index in [1.54, 1.807) is 6.08 Å². The normalized spacial score (nSPS) is 11.1. The summed E-state index contributed by atoms with van der Waals surface area (Å²) in [6, 6.07) is 0. The Hall–Kier alpha value is -0.830. The number of carboxylic acid groups (broad SMARTS) is 1. The summed E-state index contributed by atoms with van der Waals surface area (Å²) in [5.74, 6) is -0.680. The first-order chi connectivity index (χ1) is 8.27. The first-order valence-electron chi connectivity index (χ1n) is 6.75. The van der Waals surface area contributed by atoms with Gasteiger partial charge in [-0.1, -0.05) is 50.7 Å². The van der Waals surface area contributed by atoms with Crippen molar-refractivity contribution >= 4 is 5.97 Å². The number of unbranched alkanes of at least 4 members (excludes halogenated alkanes) is 8. The van der Waals surface area contributed by atoms with Crippen LogP contribution in [0, 0.1) is 0 Å². The maximum atomic E-state index is 10.3. The lowest BCUT2D eigenvalue weighted by Gasteiger charge is -2.00. The maximum Gasteiger partial charge on any atom is 0.303 e. The van der Waals surface area contributed by atoms with Gasteiger partial charge in [0.25, 0.3) is 0 Å². The van der Waals surface area contributed by atoms with E-state index in [-0.39, 0.29) is 6.61 Å². The lowest BCUT2D eigenvalue weighted by atomic mass is 10.1. The molecule has 0 radical (unpaired) electrons. The van der Waals surface area contributed by atoms with Crippen molar-refractivity contribution in [1.82, 2.24) is 0 Å². The summed E-state index contributed by atoms with van der Waals surface area (Å²) >= 11 is 0. The Morgan fingerprint density at radius 3 is 1.88 bits per heavy atom. The van der Waals surface area contributed by atoms with E-state index in [4.69, 9.17) is 10.2 Å². The average Bonchev–Trinajstić information content (AvgIpc) is 2.30. The minimum Gasteiger partial charge on any atom is -0.481 e. The van der Waals surface area contributed by atoms with E-state index in [1.165, 1.54) is 32.1 Å². The van der Waals surface area contributed by atoms with Crippen LogP contribution in [-0.2, 0) is 4.79 Å². The second-order valence-electron chi connectivity index (χ2n) is 4.41. The van der Waals surface area contributed by atoms with E-state index in [2.05, 4.69) is 0 Å². The highest BCUT2D eigenvalue weighted by Crippen LogP contribution is 2.10. The molecule has 3 nitrogen and oxygen atoms in total. The van der Waals surface area contributed by atoms with Crippen LogP contribution in [0.15, 0.2) is 12.2 Å². The highest BCUT2D eigenvalue weighted by Gasteiger charge is 1.96. The Morgan fingerprint density at radius 1 is 0.824 bits per heavy atom. The Kier molecular flexibility index (Phi) is 12.6. The van der Waals surface area contributed by atoms with Gasteiger partial charge in [-0.15, -0.1) is 0 Å². The summed E-state index contributed by atoms with van der Waals surface area (Å²) in [4.78, 5) is 10.3. The van der Waals surface area contributed by atoms with Crippen molar-refractivity contribution in [2.75, 3.05) is 6.61 Å². The first kappa shape index (κ1) is 16.2. The van der Waals surface area contributed by atoms with Crippen LogP contribution in [0.3, 0.4) is 0 Å². The predicted octanol–water partition coefficient (Wildman–Crippen LogP) is 3.52. The van der Waals surface area contributed by atoms with Crippen LogP contribution in [-0.4, -0.2) is 22.8 Å². The van der Waals surface area contributed by atoms with E-state index in [0.29, 0.717) is 6.42 Å². The molecule has 0 aliphatic heterocycles. The number of aliphatic hydroxyl groups excluding tert-OH is 1. The summed E-state index contributed by atoms with van der Waals surface area (Å²) < 4.78 is 0. The Labute approximate surface area is 105 Å². The highest BCUT2D eigenvalue weighted by molar-refractivity contribution is 5.66. The molecule has 2 N–H and O–H groups in total. The molecule has 0 unspecified atom stereocenters.